The zero-order chi connectivity index (χ0) is 12.5. The minimum absolute atomic E-state index is 0.343. The number of hydrogen-bond acceptors (Lipinski definition) is 3. The van der Waals surface area contributed by atoms with Gasteiger partial charge < -0.3 is 0 Å². The molecule has 0 radical (unpaired) electrons. The van der Waals surface area contributed by atoms with E-state index < -0.39 is 10.0 Å². The van der Waals surface area contributed by atoms with Crippen molar-refractivity contribution in [3.8, 4) is 0 Å². The van der Waals surface area contributed by atoms with E-state index in [-0.39, 0.29) is 0 Å². The molecule has 0 saturated heterocycles. The SMILES string of the molecule is CN(c1ccccc1Br)S(=O)(=O)c1cccs1. The molecule has 0 spiro atoms. The minimum atomic E-state index is -3.45. The maximum Gasteiger partial charge on any atom is 0.273 e. The molecule has 1 aromatic heterocycles. The average Bonchev–Trinajstić information content (AvgIpc) is 2.83. The van der Waals surface area contributed by atoms with Crippen LogP contribution >= 0.6 is 27.3 Å². The normalized spacial score (nSPS) is 11.4. The van der Waals surface area contributed by atoms with Gasteiger partial charge in [0.1, 0.15) is 4.21 Å². The molecular weight excluding hydrogens is 322 g/mol. The Morgan fingerprint density at radius 2 is 1.88 bits per heavy atom. The molecule has 1 heterocycles. The molecule has 1 aromatic carbocycles. The molecule has 0 amide bonds. The van der Waals surface area contributed by atoms with Gasteiger partial charge in [0.25, 0.3) is 10.0 Å². The number of thiophene rings is 1. The van der Waals surface area contributed by atoms with Crippen molar-refractivity contribution in [3.63, 3.8) is 0 Å². The third-order valence-electron chi connectivity index (χ3n) is 2.30. The summed E-state index contributed by atoms with van der Waals surface area (Å²) in [7, 11) is -1.90. The van der Waals surface area contributed by atoms with Crippen LogP contribution in [0.3, 0.4) is 0 Å². The molecule has 2 rings (SSSR count). The molecule has 0 aliphatic rings. The van der Waals surface area contributed by atoms with Crippen LogP contribution in [0.1, 0.15) is 0 Å². The summed E-state index contributed by atoms with van der Waals surface area (Å²) >= 11 is 4.56. The summed E-state index contributed by atoms with van der Waals surface area (Å²) < 4.78 is 26.9. The summed E-state index contributed by atoms with van der Waals surface area (Å²) in [6.07, 6.45) is 0. The van der Waals surface area contributed by atoms with Crippen molar-refractivity contribution in [2.75, 3.05) is 11.4 Å². The van der Waals surface area contributed by atoms with Gasteiger partial charge in [-0.1, -0.05) is 18.2 Å². The predicted octanol–water partition coefficient (Wildman–Crippen LogP) is 3.34. The fraction of sp³-hybridized carbons (Fsp3) is 0.0909. The van der Waals surface area contributed by atoms with Crippen molar-refractivity contribution < 1.29 is 8.42 Å². The molecule has 17 heavy (non-hydrogen) atoms. The number of para-hydroxylation sites is 1. The number of halogens is 1. The second kappa shape index (κ2) is 4.80. The lowest BCUT2D eigenvalue weighted by atomic mass is 10.3. The van der Waals surface area contributed by atoms with Crippen molar-refractivity contribution in [1.82, 2.24) is 0 Å². The molecule has 2 aromatic rings. The molecule has 0 aliphatic heterocycles. The predicted molar refractivity (Wildman–Crippen MR) is 74.0 cm³/mol. The van der Waals surface area contributed by atoms with Gasteiger partial charge in [-0.2, -0.15) is 0 Å². The van der Waals surface area contributed by atoms with Gasteiger partial charge in [0.15, 0.2) is 0 Å². The molecule has 90 valence electrons. The van der Waals surface area contributed by atoms with E-state index >= 15 is 0 Å². The maximum absolute atomic E-state index is 12.3. The van der Waals surface area contributed by atoms with Crippen LogP contribution in [-0.2, 0) is 10.0 Å². The van der Waals surface area contributed by atoms with Crippen molar-refractivity contribution >= 4 is 43.0 Å². The summed E-state index contributed by atoms with van der Waals surface area (Å²) in [6.45, 7) is 0. The summed E-state index contributed by atoms with van der Waals surface area (Å²) in [5, 5.41) is 1.75. The first kappa shape index (κ1) is 12.6. The number of benzene rings is 1. The first-order valence-electron chi connectivity index (χ1n) is 4.80. The Morgan fingerprint density at radius 3 is 2.47 bits per heavy atom. The van der Waals surface area contributed by atoms with Crippen LogP contribution in [0.2, 0.25) is 0 Å². The molecule has 0 aliphatic carbocycles. The number of nitrogens with zero attached hydrogens (tertiary/aromatic N) is 1. The van der Waals surface area contributed by atoms with Crippen LogP contribution in [0.4, 0.5) is 5.69 Å². The van der Waals surface area contributed by atoms with Gasteiger partial charge in [-0.15, -0.1) is 11.3 Å². The first-order chi connectivity index (χ1) is 8.03. The van der Waals surface area contributed by atoms with Crippen LogP contribution in [0.5, 0.6) is 0 Å². The largest absolute Gasteiger partial charge is 0.273 e. The van der Waals surface area contributed by atoms with E-state index in [0.29, 0.717) is 9.90 Å². The minimum Gasteiger partial charge on any atom is -0.268 e. The number of sulfonamides is 1. The smallest absolute Gasteiger partial charge is 0.268 e. The Balaban J connectivity index is 2.46. The highest BCUT2D eigenvalue weighted by Gasteiger charge is 2.23. The van der Waals surface area contributed by atoms with Gasteiger partial charge in [-0.05, 0) is 39.5 Å². The maximum atomic E-state index is 12.3. The number of hydrogen-bond donors (Lipinski definition) is 0. The van der Waals surface area contributed by atoms with E-state index in [9.17, 15) is 8.42 Å². The van der Waals surface area contributed by atoms with Gasteiger partial charge >= 0.3 is 0 Å². The molecule has 6 heteroatoms. The Morgan fingerprint density at radius 1 is 1.18 bits per heavy atom. The van der Waals surface area contributed by atoms with Crippen molar-refractivity contribution in [3.05, 3.63) is 46.3 Å². The summed E-state index contributed by atoms with van der Waals surface area (Å²) in [6, 6.07) is 10.6. The standard InChI is InChI=1S/C11H10BrNO2S2/c1-13(10-6-3-2-5-9(10)12)17(14,15)11-7-4-8-16-11/h2-8H,1H3. The Bertz CT molecular complexity index is 608. The van der Waals surface area contributed by atoms with Gasteiger partial charge in [-0.3, -0.25) is 4.31 Å². The van der Waals surface area contributed by atoms with Gasteiger partial charge in [0.05, 0.1) is 5.69 Å². The van der Waals surface area contributed by atoms with Gasteiger partial charge in [0.2, 0.25) is 0 Å². The topological polar surface area (TPSA) is 37.4 Å². The van der Waals surface area contributed by atoms with Crippen molar-refractivity contribution in [2.24, 2.45) is 0 Å². The second-order valence-corrected chi connectivity index (χ2v) is 7.35. The van der Waals surface area contributed by atoms with Crippen molar-refractivity contribution in [2.45, 2.75) is 4.21 Å². The number of anilines is 1. The van der Waals surface area contributed by atoms with Crippen LogP contribution < -0.4 is 4.31 Å². The lowest BCUT2D eigenvalue weighted by molar-refractivity contribution is 0.596. The van der Waals surface area contributed by atoms with E-state index in [0.717, 1.165) is 4.47 Å². The molecule has 0 N–H and O–H groups in total. The highest BCUT2D eigenvalue weighted by atomic mass is 79.9. The highest BCUT2D eigenvalue weighted by Crippen LogP contribution is 2.30. The number of rotatable bonds is 3. The second-order valence-electron chi connectivity index (χ2n) is 3.36. The van der Waals surface area contributed by atoms with Gasteiger partial charge in [0, 0.05) is 11.5 Å². The molecule has 0 fully saturated rings. The molecular formula is C11H10BrNO2S2. The third-order valence-corrected chi connectivity index (χ3v) is 6.12. The molecule has 3 nitrogen and oxygen atoms in total. The lowest BCUT2D eigenvalue weighted by Crippen LogP contribution is -2.26. The van der Waals surface area contributed by atoms with Crippen LogP contribution in [0.15, 0.2) is 50.5 Å². The lowest BCUT2D eigenvalue weighted by Gasteiger charge is -2.19. The Hall–Kier alpha value is -0.850. The van der Waals surface area contributed by atoms with E-state index in [1.165, 1.54) is 15.6 Å². The van der Waals surface area contributed by atoms with Gasteiger partial charge in [-0.25, -0.2) is 8.42 Å². The summed E-state index contributed by atoms with van der Waals surface area (Å²) in [5.41, 5.74) is 0.626. The average molecular weight is 332 g/mol. The van der Waals surface area contributed by atoms with Crippen LogP contribution in [0.25, 0.3) is 0 Å². The Kier molecular flexibility index (Phi) is 3.56. The Labute approximate surface area is 113 Å². The molecule has 0 bridgehead atoms. The quantitative estimate of drug-likeness (QED) is 0.865. The third kappa shape index (κ3) is 2.38. The molecule has 0 saturated carbocycles. The zero-order valence-corrected chi connectivity index (χ0v) is 12.2. The van der Waals surface area contributed by atoms with E-state index in [1.54, 1.807) is 36.7 Å². The zero-order valence-electron chi connectivity index (χ0n) is 9.00. The summed E-state index contributed by atoms with van der Waals surface area (Å²) in [5.74, 6) is 0. The van der Waals surface area contributed by atoms with E-state index in [1.807, 2.05) is 12.1 Å². The van der Waals surface area contributed by atoms with Crippen LogP contribution in [0, 0.1) is 0 Å². The first-order valence-corrected chi connectivity index (χ1v) is 7.92. The monoisotopic (exact) mass is 331 g/mol. The van der Waals surface area contributed by atoms with Crippen LogP contribution in [-0.4, -0.2) is 15.5 Å². The fourth-order valence-corrected chi connectivity index (χ4v) is 4.43. The summed E-state index contributed by atoms with van der Waals surface area (Å²) in [4.78, 5) is 0. The van der Waals surface area contributed by atoms with E-state index in [2.05, 4.69) is 15.9 Å². The van der Waals surface area contributed by atoms with Crippen molar-refractivity contribution in [1.29, 1.82) is 0 Å². The fourth-order valence-electron chi connectivity index (χ4n) is 1.38. The highest BCUT2D eigenvalue weighted by molar-refractivity contribution is 9.10. The molecule has 0 unspecified atom stereocenters. The van der Waals surface area contributed by atoms with E-state index in [4.69, 9.17) is 0 Å². The molecule has 0 atom stereocenters.